The third-order valence-corrected chi connectivity index (χ3v) is 4.48. The van der Waals surface area contributed by atoms with Crippen LogP contribution in [0.15, 0.2) is 35.3 Å². The first-order valence-electron chi connectivity index (χ1n) is 8.96. The van der Waals surface area contributed by atoms with Gasteiger partial charge in [0.05, 0.1) is 6.04 Å². The van der Waals surface area contributed by atoms with E-state index in [1.54, 1.807) is 0 Å². The minimum absolute atomic E-state index is 0.0406. The van der Waals surface area contributed by atoms with Gasteiger partial charge in [-0.2, -0.15) is 0 Å². The van der Waals surface area contributed by atoms with E-state index in [-0.39, 0.29) is 11.8 Å². The average molecular weight is 359 g/mol. The molecule has 26 heavy (non-hydrogen) atoms. The minimum Gasteiger partial charge on any atom is -0.444 e. The maximum absolute atomic E-state index is 12.4. The number of carbonyl (C=O) groups is 2. The third kappa shape index (κ3) is 4.84. The summed E-state index contributed by atoms with van der Waals surface area (Å²) in [5, 5.41) is 5.71. The molecule has 6 heteroatoms. The first kappa shape index (κ1) is 19.9. The van der Waals surface area contributed by atoms with Crippen LogP contribution in [0, 0.1) is 5.92 Å². The summed E-state index contributed by atoms with van der Waals surface area (Å²) in [6, 6.07) is 9.28. The van der Waals surface area contributed by atoms with Gasteiger partial charge in [0.1, 0.15) is 17.0 Å². The molecule has 1 aromatic rings. The van der Waals surface area contributed by atoms with E-state index in [4.69, 9.17) is 4.74 Å². The molecule has 0 aliphatic carbocycles. The van der Waals surface area contributed by atoms with Gasteiger partial charge in [-0.1, -0.05) is 44.2 Å². The summed E-state index contributed by atoms with van der Waals surface area (Å²) in [4.78, 5) is 29.4. The van der Waals surface area contributed by atoms with E-state index in [1.165, 1.54) is 0 Å². The van der Waals surface area contributed by atoms with Crippen LogP contribution in [0.25, 0.3) is 0 Å². The number of ether oxygens (including phenoxy) is 1. The highest BCUT2D eigenvalue weighted by Crippen LogP contribution is 2.26. The van der Waals surface area contributed by atoms with Crippen LogP contribution < -0.4 is 10.6 Å². The predicted molar refractivity (Wildman–Crippen MR) is 102 cm³/mol. The maximum atomic E-state index is 12.4. The smallest absolute Gasteiger partial charge is 0.408 e. The van der Waals surface area contributed by atoms with Crippen LogP contribution in [-0.2, 0) is 16.0 Å². The monoisotopic (exact) mass is 359 g/mol. The van der Waals surface area contributed by atoms with Crippen molar-refractivity contribution in [1.82, 2.24) is 10.6 Å². The molecule has 1 aliphatic heterocycles. The molecule has 2 N–H and O–H groups in total. The SMILES string of the molecule is CC(C)C1(C)N=C([C@H](Cc2ccccc2)NC(=O)OC(C)(C)C)NC1=O. The lowest BCUT2D eigenvalue weighted by Crippen LogP contribution is -2.49. The fraction of sp³-hybridized carbons (Fsp3) is 0.550. The zero-order valence-corrected chi connectivity index (χ0v) is 16.4. The minimum atomic E-state index is -0.833. The molecule has 1 aliphatic rings. The molecule has 0 saturated carbocycles. The van der Waals surface area contributed by atoms with E-state index in [1.807, 2.05) is 71.9 Å². The van der Waals surface area contributed by atoms with Crippen molar-refractivity contribution in [3.05, 3.63) is 35.9 Å². The Morgan fingerprint density at radius 1 is 1.27 bits per heavy atom. The number of benzene rings is 1. The summed E-state index contributed by atoms with van der Waals surface area (Å²) in [5.41, 5.74) is -0.405. The van der Waals surface area contributed by atoms with Crippen molar-refractivity contribution in [3.63, 3.8) is 0 Å². The largest absolute Gasteiger partial charge is 0.444 e. The van der Waals surface area contributed by atoms with E-state index in [2.05, 4.69) is 15.6 Å². The zero-order valence-electron chi connectivity index (χ0n) is 16.4. The Morgan fingerprint density at radius 3 is 2.38 bits per heavy atom. The van der Waals surface area contributed by atoms with E-state index in [9.17, 15) is 9.59 Å². The number of nitrogens with zero attached hydrogens (tertiary/aromatic N) is 1. The van der Waals surface area contributed by atoms with Gasteiger partial charge in [0.15, 0.2) is 0 Å². The molecule has 1 aromatic carbocycles. The summed E-state index contributed by atoms with van der Waals surface area (Å²) in [6.45, 7) is 11.2. The van der Waals surface area contributed by atoms with Gasteiger partial charge in [-0.15, -0.1) is 0 Å². The number of alkyl carbamates (subject to hydrolysis) is 1. The standard InChI is InChI=1S/C20H29N3O3/c1-13(2)20(6)17(24)22-16(23-20)15(12-14-10-8-7-9-11-14)21-18(25)26-19(3,4)5/h7-11,13,15H,12H2,1-6H3,(H,21,25)(H,22,23,24)/t15-,20?/m0/s1. The second kappa shape index (κ2) is 7.48. The molecule has 1 unspecified atom stereocenters. The Balaban J connectivity index is 2.26. The highest BCUT2D eigenvalue weighted by Gasteiger charge is 2.43. The lowest BCUT2D eigenvalue weighted by molar-refractivity contribution is -0.124. The Bertz CT molecular complexity index is 692. The lowest BCUT2D eigenvalue weighted by atomic mass is 9.89. The first-order valence-corrected chi connectivity index (χ1v) is 8.96. The fourth-order valence-electron chi connectivity index (χ4n) is 2.64. The predicted octanol–water partition coefficient (Wildman–Crippen LogP) is 3.07. The number of nitrogens with one attached hydrogen (secondary N) is 2. The molecular formula is C20H29N3O3. The molecule has 0 saturated heterocycles. The van der Waals surface area contributed by atoms with Gasteiger partial charge < -0.3 is 15.4 Å². The maximum Gasteiger partial charge on any atom is 0.408 e. The van der Waals surface area contributed by atoms with E-state index >= 15 is 0 Å². The van der Waals surface area contributed by atoms with Gasteiger partial charge in [-0.05, 0) is 45.6 Å². The molecule has 1 heterocycles. The average Bonchev–Trinajstić information content (AvgIpc) is 2.83. The summed E-state index contributed by atoms with van der Waals surface area (Å²) >= 11 is 0. The van der Waals surface area contributed by atoms with Crippen LogP contribution in [0.4, 0.5) is 4.79 Å². The summed E-state index contributed by atoms with van der Waals surface area (Å²) in [7, 11) is 0. The quantitative estimate of drug-likeness (QED) is 0.848. The molecular weight excluding hydrogens is 330 g/mol. The molecule has 2 amide bonds. The number of rotatable bonds is 5. The normalized spacial score (nSPS) is 21.2. The Hall–Kier alpha value is -2.37. The summed E-state index contributed by atoms with van der Waals surface area (Å²) in [6.07, 6.45) is -0.0265. The third-order valence-electron chi connectivity index (χ3n) is 4.48. The van der Waals surface area contributed by atoms with Crippen LogP contribution in [0.1, 0.15) is 47.1 Å². The van der Waals surface area contributed by atoms with Crippen molar-refractivity contribution in [1.29, 1.82) is 0 Å². The number of aliphatic imine (C=N–C) groups is 1. The molecule has 2 atom stereocenters. The van der Waals surface area contributed by atoms with Gasteiger partial charge in [-0.3, -0.25) is 9.79 Å². The molecule has 0 radical (unpaired) electrons. The molecule has 6 nitrogen and oxygen atoms in total. The highest BCUT2D eigenvalue weighted by atomic mass is 16.6. The molecule has 2 rings (SSSR count). The molecule has 0 aromatic heterocycles. The number of carbonyl (C=O) groups excluding carboxylic acids is 2. The van der Waals surface area contributed by atoms with Crippen LogP contribution >= 0.6 is 0 Å². The molecule has 0 bridgehead atoms. The summed E-state index contributed by atoms with van der Waals surface area (Å²) < 4.78 is 5.37. The second-order valence-electron chi connectivity index (χ2n) is 8.14. The molecule has 0 spiro atoms. The van der Waals surface area contributed by atoms with Crippen molar-refractivity contribution < 1.29 is 14.3 Å². The van der Waals surface area contributed by atoms with Gasteiger partial charge in [0.25, 0.3) is 5.91 Å². The summed E-state index contributed by atoms with van der Waals surface area (Å²) in [5.74, 6) is 0.367. The Morgan fingerprint density at radius 2 is 1.88 bits per heavy atom. The Kier molecular flexibility index (Phi) is 5.74. The van der Waals surface area contributed by atoms with Crippen LogP contribution in [0.5, 0.6) is 0 Å². The number of hydrogen-bond donors (Lipinski definition) is 2. The van der Waals surface area contributed by atoms with E-state index in [0.717, 1.165) is 5.56 Å². The second-order valence-corrected chi connectivity index (χ2v) is 8.14. The van der Waals surface area contributed by atoms with Crippen LogP contribution in [-0.4, -0.2) is 35.0 Å². The molecule has 142 valence electrons. The van der Waals surface area contributed by atoms with Gasteiger partial charge in [0, 0.05) is 0 Å². The van der Waals surface area contributed by atoms with Crippen molar-refractivity contribution in [2.75, 3.05) is 0 Å². The van der Waals surface area contributed by atoms with Crippen molar-refractivity contribution >= 4 is 17.8 Å². The van der Waals surface area contributed by atoms with Gasteiger partial charge in [-0.25, -0.2) is 4.79 Å². The van der Waals surface area contributed by atoms with E-state index < -0.39 is 23.3 Å². The highest BCUT2D eigenvalue weighted by molar-refractivity contribution is 6.10. The number of hydrogen-bond acceptors (Lipinski definition) is 4. The van der Waals surface area contributed by atoms with Crippen LogP contribution in [0.2, 0.25) is 0 Å². The molecule has 0 fully saturated rings. The van der Waals surface area contributed by atoms with Crippen molar-refractivity contribution in [2.45, 2.75) is 65.1 Å². The topological polar surface area (TPSA) is 79.8 Å². The first-order chi connectivity index (χ1) is 12.0. The fourth-order valence-corrected chi connectivity index (χ4v) is 2.64. The van der Waals surface area contributed by atoms with E-state index in [0.29, 0.717) is 12.3 Å². The van der Waals surface area contributed by atoms with Crippen molar-refractivity contribution in [3.8, 4) is 0 Å². The Labute approximate surface area is 155 Å². The van der Waals surface area contributed by atoms with Gasteiger partial charge >= 0.3 is 6.09 Å². The number of amidine groups is 1. The zero-order chi connectivity index (χ0) is 19.5. The van der Waals surface area contributed by atoms with Crippen LogP contribution in [0.3, 0.4) is 0 Å². The number of amides is 2. The lowest BCUT2D eigenvalue weighted by Gasteiger charge is -2.24. The van der Waals surface area contributed by atoms with Gasteiger partial charge in [0.2, 0.25) is 0 Å². The van der Waals surface area contributed by atoms with Crippen molar-refractivity contribution in [2.24, 2.45) is 10.9 Å².